The molecule has 0 bridgehead atoms. The number of aliphatic hydroxyl groups is 2. The summed E-state index contributed by atoms with van der Waals surface area (Å²) in [5.74, 6) is -0.913. The van der Waals surface area contributed by atoms with Crippen molar-refractivity contribution in [3.63, 3.8) is 0 Å². The molecular formula is C23H47NO5. The third-order valence-corrected chi connectivity index (χ3v) is 5.50. The Morgan fingerprint density at radius 1 is 0.897 bits per heavy atom. The van der Waals surface area contributed by atoms with E-state index < -0.39 is 5.97 Å². The van der Waals surface area contributed by atoms with Gasteiger partial charge >= 0.3 is 0 Å². The van der Waals surface area contributed by atoms with Crippen LogP contribution in [-0.2, 0) is 9.53 Å². The Labute approximate surface area is 178 Å². The highest BCUT2D eigenvalue weighted by molar-refractivity contribution is 5.63. The summed E-state index contributed by atoms with van der Waals surface area (Å²) in [6, 6.07) is 0. The number of ether oxygens (including phenoxy) is 1. The maximum absolute atomic E-state index is 10.0. The van der Waals surface area contributed by atoms with Crippen LogP contribution in [0.5, 0.6) is 0 Å². The molecule has 0 unspecified atom stereocenters. The number of hydrogen-bond acceptors (Lipinski definition) is 5. The highest BCUT2D eigenvalue weighted by Gasteiger charge is 2.14. The molecule has 0 radical (unpaired) electrons. The molecule has 1 saturated carbocycles. The average Bonchev–Trinajstić information content (AvgIpc) is 2.72. The van der Waals surface area contributed by atoms with Crippen molar-refractivity contribution in [3.05, 3.63) is 0 Å². The fourth-order valence-corrected chi connectivity index (χ4v) is 3.72. The zero-order valence-corrected chi connectivity index (χ0v) is 18.8. The van der Waals surface area contributed by atoms with Gasteiger partial charge in [-0.15, -0.1) is 0 Å². The molecule has 1 fully saturated rings. The number of carbonyl (C=O) groups excluding carboxylic acids is 1. The zero-order valence-electron chi connectivity index (χ0n) is 18.8. The van der Waals surface area contributed by atoms with E-state index in [1.54, 1.807) is 0 Å². The highest BCUT2D eigenvalue weighted by Crippen LogP contribution is 2.20. The van der Waals surface area contributed by atoms with Crippen LogP contribution in [0.1, 0.15) is 96.8 Å². The Morgan fingerprint density at radius 2 is 1.48 bits per heavy atom. The first kappa shape index (κ1) is 28.3. The molecule has 0 aliphatic heterocycles. The van der Waals surface area contributed by atoms with E-state index in [1.165, 1.54) is 69.1 Å². The number of nitrogens with one attached hydrogen (secondary N) is 1. The van der Waals surface area contributed by atoms with Crippen molar-refractivity contribution in [1.29, 1.82) is 0 Å². The van der Waals surface area contributed by atoms with Crippen LogP contribution >= 0.6 is 0 Å². The summed E-state index contributed by atoms with van der Waals surface area (Å²) in [4.78, 5) is 11.3. The van der Waals surface area contributed by atoms with Crippen molar-refractivity contribution in [1.82, 2.24) is 0 Å². The lowest BCUT2D eigenvalue weighted by molar-refractivity contribution is -0.901. The Kier molecular flexibility index (Phi) is 21.5. The molecule has 0 aromatic carbocycles. The van der Waals surface area contributed by atoms with Crippen molar-refractivity contribution in [2.45, 2.75) is 103 Å². The number of carboxylic acid groups (broad SMARTS) is 1. The number of aliphatic hydroxyl groups excluding tert-OH is 2. The molecule has 0 heterocycles. The van der Waals surface area contributed by atoms with Gasteiger partial charge in [-0.2, -0.15) is 0 Å². The minimum Gasteiger partial charge on any atom is -0.550 e. The topological polar surface area (TPSA) is 94.3 Å². The van der Waals surface area contributed by atoms with Gasteiger partial charge in [-0.25, -0.2) is 0 Å². The van der Waals surface area contributed by atoms with E-state index in [9.17, 15) is 9.90 Å². The lowest BCUT2D eigenvalue weighted by atomic mass is 9.98. The summed E-state index contributed by atoms with van der Waals surface area (Å²) in [6.45, 7) is 5.83. The molecule has 1 aliphatic carbocycles. The van der Waals surface area contributed by atoms with Gasteiger partial charge in [0.2, 0.25) is 0 Å². The SMILES string of the molecule is CCCCCCCCCC(=O)[O-].OCC[NH+](CCO)CCCOC1CCCCC1. The number of rotatable bonds is 17. The van der Waals surface area contributed by atoms with E-state index in [4.69, 9.17) is 14.9 Å². The van der Waals surface area contributed by atoms with Gasteiger partial charge in [0.05, 0.1) is 32.5 Å². The molecule has 0 spiro atoms. The number of carbonyl (C=O) groups is 1. The largest absolute Gasteiger partial charge is 0.550 e. The minimum absolute atomic E-state index is 0.193. The van der Waals surface area contributed by atoms with E-state index in [0.717, 1.165) is 45.5 Å². The molecule has 174 valence electrons. The van der Waals surface area contributed by atoms with Gasteiger partial charge in [-0.3, -0.25) is 0 Å². The predicted molar refractivity (Wildman–Crippen MR) is 115 cm³/mol. The third kappa shape index (κ3) is 20.4. The van der Waals surface area contributed by atoms with Crippen molar-refractivity contribution >= 4 is 5.97 Å². The summed E-state index contributed by atoms with van der Waals surface area (Å²) in [7, 11) is 0. The van der Waals surface area contributed by atoms with E-state index in [-0.39, 0.29) is 19.6 Å². The first-order valence-corrected chi connectivity index (χ1v) is 12.0. The summed E-state index contributed by atoms with van der Waals surface area (Å²) in [5.41, 5.74) is 0. The first-order valence-electron chi connectivity index (χ1n) is 12.0. The third-order valence-electron chi connectivity index (χ3n) is 5.50. The molecule has 6 nitrogen and oxygen atoms in total. The fraction of sp³-hybridized carbons (Fsp3) is 0.957. The van der Waals surface area contributed by atoms with Crippen molar-refractivity contribution < 1.29 is 29.8 Å². The summed E-state index contributed by atoms with van der Waals surface area (Å²) >= 11 is 0. The second-order valence-electron chi connectivity index (χ2n) is 8.17. The van der Waals surface area contributed by atoms with Gasteiger partial charge in [0.1, 0.15) is 13.1 Å². The predicted octanol–water partition coefficient (Wildman–Crippen LogP) is 1.47. The summed E-state index contributed by atoms with van der Waals surface area (Å²) in [6.07, 6.45) is 16.3. The fourth-order valence-electron chi connectivity index (χ4n) is 3.72. The maximum Gasteiger partial charge on any atom is 0.101 e. The van der Waals surface area contributed by atoms with Crippen molar-refractivity contribution in [3.8, 4) is 0 Å². The Bertz CT molecular complexity index is 342. The molecule has 0 aromatic rings. The molecule has 0 saturated heterocycles. The van der Waals surface area contributed by atoms with Gasteiger partial charge < -0.3 is 29.8 Å². The average molecular weight is 418 g/mol. The number of carboxylic acids is 1. The zero-order chi connectivity index (χ0) is 21.6. The molecule has 0 amide bonds. The van der Waals surface area contributed by atoms with Gasteiger partial charge in [-0.1, -0.05) is 64.7 Å². The molecule has 6 heteroatoms. The van der Waals surface area contributed by atoms with E-state index >= 15 is 0 Å². The van der Waals surface area contributed by atoms with E-state index in [2.05, 4.69) is 6.92 Å². The van der Waals surface area contributed by atoms with Gasteiger partial charge in [0.15, 0.2) is 0 Å². The lowest BCUT2D eigenvalue weighted by Crippen LogP contribution is -3.13. The maximum atomic E-state index is 10.0. The van der Waals surface area contributed by atoms with Crippen LogP contribution in [0.15, 0.2) is 0 Å². The van der Waals surface area contributed by atoms with Crippen LogP contribution in [0.2, 0.25) is 0 Å². The monoisotopic (exact) mass is 417 g/mol. The standard InChI is InChI=1S/C13H27NO3.C10H20O2/c15-10-8-14(9-11-16)7-4-12-17-13-5-2-1-3-6-13;1-2-3-4-5-6-7-8-9-10(11)12/h13,15-16H,1-12H2;2-9H2,1H3,(H,11,12). The van der Waals surface area contributed by atoms with Gasteiger partial charge in [0, 0.05) is 12.4 Å². The molecule has 1 aliphatic rings. The Balaban J connectivity index is 0.000000578. The number of quaternary nitrogens is 1. The first-order chi connectivity index (χ1) is 14.1. The van der Waals surface area contributed by atoms with Crippen LogP contribution in [-0.4, -0.2) is 61.7 Å². The summed E-state index contributed by atoms with van der Waals surface area (Å²) in [5, 5.41) is 27.8. The van der Waals surface area contributed by atoms with Gasteiger partial charge in [-0.05, 0) is 25.7 Å². The molecular weight excluding hydrogens is 370 g/mol. The van der Waals surface area contributed by atoms with Gasteiger partial charge in [0.25, 0.3) is 0 Å². The second-order valence-corrected chi connectivity index (χ2v) is 8.17. The Hall–Kier alpha value is -0.690. The quantitative estimate of drug-likeness (QED) is 0.312. The van der Waals surface area contributed by atoms with Crippen LogP contribution in [0.4, 0.5) is 0 Å². The normalized spacial score (nSPS) is 14.6. The Morgan fingerprint density at radius 3 is 2.03 bits per heavy atom. The van der Waals surface area contributed by atoms with Crippen molar-refractivity contribution in [2.75, 3.05) is 39.5 Å². The summed E-state index contributed by atoms with van der Waals surface area (Å²) < 4.78 is 5.85. The second kappa shape index (κ2) is 22.0. The number of unbranched alkanes of at least 4 members (excludes halogenated alkanes) is 6. The van der Waals surface area contributed by atoms with E-state index in [1.807, 2.05) is 0 Å². The number of aliphatic carboxylic acids is 1. The molecule has 0 aromatic heterocycles. The molecule has 3 N–H and O–H groups in total. The number of hydrogen-bond donors (Lipinski definition) is 3. The van der Waals surface area contributed by atoms with Crippen LogP contribution in [0.3, 0.4) is 0 Å². The van der Waals surface area contributed by atoms with Crippen LogP contribution in [0, 0.1) is 0 Å². The molecule has 29 heavy (non-hydrogen) atoms. The highest BCUT2D eigenvalue weighted by atomic mass is 16.5. The molecule has 1 rings (SSSR count). The lowest BCUT2D eigenvalue weighted by Gasteiger charge is -2.22. The minimum atomic E-state index is -0.913. The molecule has 0 atom stereocenters. The van der Waals surface area contributed by atoms with E-state index in [0.29, 0.717) is 6.10 Å². The van der Waals surface area contributed by atoms with Crippen LogP contribution in [0.25, 0.3) is 0 Å². The smallest absolute Gasteiger partial charge is 0.101 e. The van der Waals surface area contributed by atoms with Crippen molar-refractivity contribution in [2.24, 2.45) is 0 Å². The van der Waals surface area contributed by atoms with Crippen LogP contribution < -0.4 is 10.0 Å².